The van der Waals surface area contributed by atoms with E-state index in [1.54, 1.807) is 24.3 Å². The molecule has 9 nitrogen and oxygen atoms in total. The molecule has 2 bridgehead atoms. The fourth-order valence-corrected chi connectivity index (χ4v) is 6.14. The molecule has 5 atom stereocenters. The summed E-state index contributed by atoms with van der Waals surface area (Å²) in [6.45, 7) is 2.89. The van der Waals surface area contributed by atoms with Crippen LogP contribution in [0.2, 0.25) is 0 Å². The number of carbonyl (C=O) groups excluding carboxylic acids is 3. The van der Waals surface area contributed by atoms with E-state index in [4.69, 9.17) is 9.47 Å². The lowest BCUT2D eigenvalue weighted by atomic mass is 9.70. The lowest BCUT2D eigenvalue weighted by Gasteiger charge is -2.33. The van der Waals surface area contributed by atoms with Crippen LogP contribution in [0.4, 0.5) is 5.69 Å². The highest BCUT2D eigenvalue weighted by Gasteiger charge is 2.74. The number of likely N-dealkylation sites (tertiary alicyclic amines) is 1. The van der Waals surface area contributed by atoms with Crippen LogP contribution in [-0.4, -0.2) is 65.2 Å². The fraction of sp³-hybridized carbons (Fsp3) is 0.464. The van der Waals surface area contributed by atoms with Crippen LogP contribution in [0.3, 0.4) is 0 Å². The normalized spacial score (nSPS) is 27.7. The first-order chi connectivity index (χ1) is 18.0. The number of carbonyl (C=O) groups is 3. The zero-order valence-electron chi connectivity index (χ0n) is 20.9. The maximum Gasteiger partial charge on any atom is 0.246 e. The zero-order valence-corrected chi connectivity index (χ0v) is 20.9. The van der Waals surface area contributed by atoms with Crippen LogP contribution in [0.15, 0.2) is 54.6 Å². The van der Waals surface area contributed by atoms with Crippen molar-refractivity contribution in [1.82, 2.24) is 10.2 Å². The van der Waals surface area contributed by atoms with Crippen LogP contribution >= 0.6 is 0 Å². The van der Waals surface area contributed by atoms with Gasteiger partial charge in [-0.05, 0) is 56.0 Å². The van der Waals surface area contributed by atoms with Crippen molar-refractivity contribution >= 4 is 23.4 Å². The predicted molar refractivity (Wildman–Crippen MR) is 136 cm³/mol. The minimum absolute atomic E-state index is 0.106. The van der Waals surface area contributed by atoms with E-state index in [0.717, 1.165) is 5.56 Å². The van der Waals surface area contributed by atoms with Crippen molar-refractivity contribution in [3.63, 3.8) is 0 Å². The van der Waals surface area contributed by atoms with E-state index in [9.17, 15) is 19.5 Å². The number of aliphatic hydroxyl groups excluding tert-OH is 1. The number of anilines is 1. The van der Waals surface area contributed by atoms with Gasteiger partial charge < -0.3 is 30.1 Å². The van der Waals surface area contributed by atoms with Gasteiger partial charge in [-0.25, -0.2) is 0 Å². The Kier molecular flexibility index (Phi) is 7.17. The van der Waals surface area contributed by atoms with E-state index in [1.807, 2.05) is 37.3 Å². The summed E-state index contributed by atoms with van der Waals surface area (Å²) in [7, 11) is 0. The Balaban J connectivity index is 1.37. The first kappa shape index (κ1) is 25.2. The average Bonchev–Trinajstić information content (AvgIpc) is 3.55. The summed E-state index contributed by atoms with van der Waals surface area (Å²) >= 11 is 0. The van der Waals surface area contributed by atoms with Gasteiger partial charge in [-0.15, -0.1) is 0 Å². The summed E-state index contributed by atoms with van der Waals surface area (Å²) in [4.78, 5) is 42.3. The summed E-state index contributed by atoms with van der Waals surface area (Å²) in [5, 5.41) is 15.3. The molecule has 37 heavy (non-hydrogen) atoms. The molecule has 2 aromatic rings. The maximum absolute atomic E-state index is 13.7. The Morgan fingerprint density at radius 2 is 1.89 bits per heavy atom. The third-order valence-corrected chi connectivity index (χ3v) is 7.65. The van der Waals surface area contributed by atoms with Crippen molar-refractivity contribution in [3.8, 4) is 5.75 Å². The topological polar surface area (TPSA) is 117 Å². The highest BCUT2D eigenvalue weighted by molar-refractivity contribution is 6.02. The van der Waals surface area contributed by atoms with Gasteiger partial charge in [0, 0.05) is 25.4 Å². The summed E-state index contributed by atoms with van der Waals surface area (Å²) in [6, 6.07) is 15.8. The first-order valence-electron chi connectivity index (χ1n) is 12.9. The largest absolute Gasteiger partial charge is 0.494 e. The van der Waals surface area contributed by atoms with Crippen LogP contribution in [0.25, 0.3) is 0 Å². The number of ether oxygens (including phenoxy) is 2. The maximum atomic E-state index is 13.7. The Hall–Kier alpha value is -3.43. The molecular weight excluding hydrogens is 474 g/mol. The lowest BCUT2D eigenvalue weighted by molar-refractivity contribution is -0.141. The number of nitrogens with one attached hydrogen (secondary N) is 2. The highest BCUT2D eigenvalue weighted by atomic mass is 16.5. The highest BCUT2D eigenvalue weighted by Crippen LogP contribution is 2.58. The number of hydrogen-bond acceptors (Lipinski definition) is 6. The molecule has 3 saturated heterocycles. The van der Waals surface area contributed by atoms with Gasteiger partial charge in [-0.1, -0.05) is 30.3 Å². The van der Waals surface area contributed by atoms with E-state index in [0.29, 0.717) is 43.9 Å². The number of amides is 3. The Morgan fingerprint density at radius 1 is 1.14 bits per heavy atom. The molecule has 3 amide bonds. The second-order valence-electron chi connectivity index (χ2n) is 9.81. The number of aliphatic hydroxyl groups is 1. The summed E-state index contributed by atoms with van der Waals surface area (Å²) in [5.41, 5.74) is 0.490. The van der Waals surface area contributed by atoms with Crippen molar-refractivity contribution in [3.05, 3.63) is 60.2 Å². The number of fused-ring (bicyclic) bond motifs is 1. The van der Waals surface area contributed by atoms with Crippen LogP contribution in [0.1, 0.15) is 31.7 Å². The van der Waals surface area contributed by atoms with E-state index in [2.05, 4.69) is 10.6 Å². The predicted octanol–water partition coefficient (Wildman–Crippen LogP) is 2.10. The molecule has 3 N–H and O–H groups in total. The molecular formula is C28H33N3O6. The molecule has 2 unspecified atom stereocenters. The van der Waals surface area contributed by atoms with Gasteiger partial charge >= 0.3 is 0 Å². The van der Waals surface area contributed by atoms with Gasteiger partial charge in [0.05, 0.1) is 24.5 Å². The molecule has 0 saturated carbocycles. The van der Waals surface area contributed by atoms with Crippen LogP contribution in [-0.2, 0) is 25.7 Å². The third-order valence-electron chi connectivity index (χ3n) is 7.65. The van der Waals surface area contributed by atoms with Crippen molar-refractivity contribution in [2.75, 3.05) is 25.1 Å². The SMILES string of the molecule is CCOc1ccc(NC(=O)[C@@H]2[C@@H]3CCC4(O3)C(C(=O)NCc3ccccc3)N(CCCO)C(=O)[C@H]24)cc1. The van der Waals surface area contributed by atoms with Crippen molar-refractivity contribution in [2.45, 2.75) is 50.5 Å². The number of nitrogens with zero attached hydrogens (tertiary/aromatic N) is 1. The van der Waals surface area contributed by atoms with Crippen molar-refractivity contribution in [1.29, 1.82) is 0 Å². The molecule has 0 aliphatic carbocycles. The smallest absolute Gasteiger partial charge is 0.246 e. The summed E-state index contributed by atoms with van der Waals surface area (Å²) in [6.07, 6.45) is 1.03. The van der Waals surface area contributed by atoms with E-state index < -0.39 is 29.6 Å². The van der Waals surface area contributed by atoms with Gasteiger partial charge in [-0.2, -0.15) is 0 Å². The fourth-order valence-electron chi connectivity index (χ4n) is 6.14. The third kappa shape index (κ3) is 4.57. The van der Waals surface area contributed by atoms with Gasteiger partial charge in [0.2, 0.25) is 17.7 Å². The first-order valence-corrected chi connectivity index (χ1v) is 12.9. The summed E-state index contributed by atoms with van der Waals surface area (Å²) < 4.78 is 11.9. The molecule has 5 rings (SSSR count). The molecule has 0 aromatic heterocycles. The quantitative estimate of drug-likeness (QED) is 0.454. The Labute approximate surface area is 216 Å². The Bertz CT molecular complexity index is 1140. The Morgan fingerprint density at radius 3 is 2.59 bits per heavy atom. The number of benzene rings is 2. The van der Waals surface area contributed by atoms with Crippen molar-refractivity contribution in [2.24, 2.45) is 11.8 Å². The van der Waals surface area contributed by atoms with Gasteiger partial charge in [0.1, 0.15) is 17.4 Å². The average molecular weight is 508 g/mol. The van der Waals surface area contributed by atoms with Crippen LogP contribution < -0.4 is 15.4 Å². The second-order valence-corrected chi connectivity index (χ2v) is 9.81. The molecule has 9 heteroatoms. The second kappa shape index (κ2) is 10.5. The van der Waals surface area contributed by atoms with E-state index >= 15 is 0 Å². The molecule has 2 aromatic carbocycles. The van der Waals surface area contributed by atoms with Gasteiger partial charge in [0.15, 0.2) is 0 Å². The molecule has 196 valence electrons. The van der Waals surface area contributed by atoms with Gasteiger partial charge in [-0.3, -0.25) is 14.4 Å². The minimum atomic E-state index is -1.06. The molecule has 3 aliphatic rings. The monoisotopic (exact) mass is 507 g/mol. The zero-order chi connectivity index (χ0) is 26.0. The summed E-state index contributed by atoms with van der Waals surface area (Å²) in [5.74, 6) is -1.59. The minimum Gasteiger partial charge on any atom is -0.494 e. The van der Waals surface area contributed by atoms with Gasteiger partial charge in [0.25, 0.3) is 0 Å². The molecule has 1 spiro atoms. The molecule has 3 fully saturated rings. The van der Waals surface area contributed by atoms with Crippen LogP contribution in [0.5, 0.6) is 5.75 Å². The number of hydrogen-bond donors (Lipinski definition) is 3. The molecule has 3 aliphatic heterocycles. The van der Waals surface area contributed by atoms with E-state index in [-0.39, 0.29) is 30.9 Å². The van der Waals surface area contributed by atoms with Crippen molar-refractivity contribution < 1.29 is 29.0 Å². The molecule has 3 heterocycles. The van der Waals surface area contributed by atoms with E-state index in [1.165, 1.54) is 4.90 Å². The standard InChI is InChI=1S/C28H33N3O6/c1-2-36-20-11-9-19(10-12-20)30-25(33)22-21-13-14-28(37-21)23(22)27(35)31(15-6-16-32)24(28)26(34)29-17-18-7-4-3-5-8-18/h3-5,7-12,21-24,32H,2,6,13-17H2,1H3,(H,29,34)(H,30,33)/t21-,22+,23-,24?,28?/m0/s1. The van der Waals surface area contributed by atoms with Crippen LogP contribution in [0, 0.1) is 11.8 Å². The molecule has 0 radical (unpaired) electrons. The number of rotatable bonds is 10. The lowest BCUT2D eigenvalue weighted by Crippen LogP contribution is -2.55.